The van der Waals surface area contributed by atoms with Gasteiger partial charge in [-0.15, -0.1) is 0 Å². The zero-order chi connectivity index (χ0) is 33.2. The second-order valence-electron chi connectivity index (χ2n) is 11.9. The second-order valence-corrected chi connectivity index (χ2v) is 11.9. The van der Waals surface area contributed by atoms with Crippen molar-refractivity contribution in [3.8, 4) is 5.75 Å². The number of aliphatic carboxylic acids is 1. The molecular weight excluding hydrogens is 586 g/mol. The van der Waals surface area contributed by atoms with E-state index >= 15 is 0 Å². The number of nitrogens with two attached hydrogens (primary N) is 1. The summed E-state index contributed by atoms with van der Waals surface area (Å²) in [6.07, 6.45) is 2.32. The molecule has 0 spiro atoms. The highest BCUT2D eigenvalue weighted by molar-refractivity contribution is 5.94. The maximum atomic E-state index is 13.7. The predicted molar refractivity (Wildman–Crippen MR) is 175 cm³/mol. The largest absolute Gasteiger partial charge is 0.508 e. The number of phenolic OH excluding ortho intramolecular Hbond substituents is 1. The third-order valence-electron chi connectivity index (χ3n) is 7.70. The fourth-order valence-corrected chi connectivity index (χ4v) is 5.28. The Labute approximate surface area is 267 Å². The number of carboxylic acids is 1. The first-order chi connectivity index (χ1) is 22.0. The Morgan fingerprint density at radius 3 is 1.98 bits per heavy atom. The van der Waals surface area contributed by atoms with E-state index in [4.69, 9.17) is 5.73 Å². The molecule has 1 aromatic heterocycles. The molecule has 3 amide bonds. The van der Waals surface area contributed by atoms with Crippen LogP contribution in [0.4, 0.5) is 0 Å². The number of rotatable bonds is 15. The summed E-state index contributed by atoms with van der Waals surface area (Å²) in [4.78, 5) is 55.8. The van der Waals surface area contributed by atoms with Gasteiger partial charge in [0.15, 0.2) is 0 Å². The van der Waals surface area contributed by atoms with E-state index in [1.54, 1.807) is 18.3 Å². The van der Waals surface area contributed by atoms with E-state index in [2.05, 4.69) is 20.9 Å². The molecule has 0 bridgehead atoms. The van der Waals surface area contributed by atoms with E-state index in [1.807, 2.05) is 68.4 Å². The molecule has 3 aromatic carbocycles. The summed E-state index contributed by atoms with van der Waals surface area (Å²) in [6, 6.07) is 18.6. The van der Waals surface area contributed by atoms with E-state index in [0.29, 0.717) is 0 Å². The lowest BCUT2D eigenvalue weighted by atomic mass is 9.99. The SMILES string of the molecule is CC(C)CC(NC(=O)C(Cc1ccccc1)NC(=O)C(N)Cc1ccc(O)cc1)C(=O)NC(Cc1c[nH]c2ccccc12)C(=O)O. The third kappa shape index (κ3) is 9.42. The Kier molecular flexibility index (Phi) is 11.5. The predicted octanol–water partition coefficient (Wildman–Crippen LogP) is 2.81. The Balaban J connectivity index is 1.49. The molecule has 1 heterocycles. The van der Waals surface area contributed by atoms with E-state index < -0.39 is 47.9 Å². The lowest BCUT2D eigenvalue weighted by Gasteiger charge is -2.26. The first kappa shape index (κ1) is 33.7. The highest BCUT2D eigenvalue weighted by Gasteiger charge is 2.31. The van der Waals surface area contributed by atoms with Crippen LogP contribution in [0.25, 0.3) is 10.9 Å². The molecule has 0 aliphatic heterocycles. The van der Waals surface area contributed by atoms with Gasteiger partial charge in [0.25, 0.3) is 0 Å². The molecular formula is C35H41N5O6. The molecule has 11 nitrogen and oxygen atoms in total. The number of carboxylic acid groups (broad SMARTS) is 1. The van der Waals surface area contributed by atoms with Gasteiger partial charge in [-0.25, -0.2) is 4.79 Å². The van der Waals surface area contributed by atoms with Crippen molar-refractivity contribution >= 4 is 34.6 Å². The molecule has 0 aliphatic rings. The monoisotopic (exact) mass is 627 g/mol. The van der Waals surface area contributed by atoms with Crippen LogP contribution in [0.5, 0.6) is 5.75 Å². The highest BCUT2D eigenvalue weighted by Crippen LogP contribution is 2.19. The summed E-state index contributed by atoms with van der Waals surface area (Å²) in [5, 5.41) is 28.5. The van der Waals surface area contributed by atoms with Crippen molar-refractivity contribution in [2.24, 2.45) is 11.7 Å². The van der Waals surface area contributed by atoms with Crippen LogP contribution in [0.15, 0.2) is 85.1 Å². The molecule has 4 atom stereocenters. The fourth-order valence-electron chi connectivity index (χ4n) is 5.28. The first-order valence-corrected chi connectivity index (χ1v) is 15.3. The molecule has 0 saturated carbocycles. The van der Waals surface area contributed by atoms with Crippen LogP contribution < -0.4 is 21.7 Å². The summed E-state index contributed by atoms with van der Waals surface area (Å²) >= 11 is 0. The number of carbonyl (C=O) groups excluding carboxylic acids is 3. The number of aromatic hydroxyl groups is 1. The summed E-state index contributed by atoms with van der Waals surface area (Å²) < 4.78 is 0. The van der Waals surface area contributed by atoms with Crippen molar-refractivity contribution in [3.05, 3.63) is 102 Å². The summed E-state index contributed by atoms with van der Waals surface area (Å²) in [7, 11) is 0. The smallest absolute Gasteiger partial charge is 0.326 e. The van der Waals surface area contributed by atoms with E-state index in [1.165, 1.54) is 12.1 Å². The van der Waals surface area contributed by atoms with Crippen molar-refractivity contribution < 1.29 is 29.4 Å². The average Bonchev–Trinajstić information content (AvgIpc) is 3.44. The van der Waals surface area contributed by atoms with Crippen molar-refractivity contribution in [1.29, 1.82) is 0 Å². The Morgan fingerprint density at radius 1 is 0.717 bits per heavy atom. The number of benzene rings is 3. The number of nitrogens with one attached hydrogen (secondary N) is 4. The molecule has 0 radical (unpaired) electrons. The lowest BCUT2D eigenvalue weighted by molar-refractivity contribution is -0.142. The van der Waals surface area contributed by atoms with Crippen LogP contribution >= 0.6 is 0 Å². The van der Waals surface area contributed by atoms with E-state index in [-0.39, 0.29) is 37.4 Å². The minimum atomic E-state index is -1.24. The molecule has 0 fully saturated rings. The summed E-state index contributed by atoms with van der Waals surface area (Å²) in [5.41, 5.74) is 9.30. The van der Waals surface area contributed by atoms with Gasteiger partial charge in [-0.1, -0.05) is 74.5 Å². The van der Waals surface area contributed by atoms with Gasteiger partial charge in [-0.05, 0) is 53.6 Å². The van der Waals surface area contributed by atoms with Crippen LogP contribution in [0.1, 0.15) is 37.0 Å². The molecule has 242 valence electrons. The topological polar surface area (TPSA) is 187 Å². The first-order valence-electron chi connectivity index (χ1n) is 15.3. The highest BCUT2D eigenvalue weighted by atomic mass is 16.4. The molecule has 0 aliphatic carbocycles. The van der Waals surface area contributed by atoms with Crippen molar-refractivity contribution in [3.63, 3.8) is 0 Å². The minimum absolute atomic E-state index is 0.0196. The molecule has 4 unspecified atom stereocenters. The molecule has 0 saturated heterocycles. The number of hydrogen-bond donors (Lipinski definition) is 7. The van der Waals surface area contributed by atoms with Gasteiger partial charge in [0.2, 0.25) is 17.7 Å². The Bertz CT molecular complexity index is 1640. The Morgan fingerprint density at radius 2 is 1.30 bits per heavy atom. The van der Waals surface area contributed by atoms with Crippen molar-refractivity contribution in [2.75, 3.05) is 0 Å². The summed E-state index contributed by atoms with van der Waals surface area (Å²) in [6.45, 7) is 3.78. The van der Waals surface area contributed by atoms with Gasteiger partial charge in [0.1, 0.15) is 23.9 Å². The van der Waals surface area contributed by atoms with E-state index in [0.717, 1.165) is 27.6 Å². The fraction of sp³-hybridized carbons (Fsp3) is 0.314. The molecule has 8 N–H and O–H groups in total. The minimum Gasteiger partial charge on any atom is -0.508 e. The maximum Gasteiger partial charge on any atom is 0.326 e. The maximum absolute atomic E-state index is 13.7. The van der Waals surface area contributed by atoms with Crippen LogP contribution in [0.2, 0.25) is 0 Å². The molecule has 11 heteroatoms. The lowest BCUT2D eigenvalue weighted by Crippen LogP contribution is -2.58. The number of phenols is 1. The number of aromatic amines is 1. The van der Waals surface area contributed by atoms with Crippen molar-refractivity contribution in [2.45, 2.75) is 63.7 Å². The number of para-hydroxylation sites is 1. The quantitative estimate of drug-likeness (QED) is 0.106. The van der Waals surface area contributed by atoms with Gasteiger partial charge in [-0.3, -0.25) is 14.4 Å². The number of aromatic nitrogens is 1. The number of H-pyrrole nitrogens is 1. The van der Waals surface area contributed by atoms with Crippen molar-refractivity contribution in [1.82, 2.24) is 20.9 Å². The normalized spacial score (nSPS) is 13.8. The standard InChI is InChI=1S/C35H41N5O6/c1-21(2)16-29(33(43)40-31(35(45)46)19-24-20-37-28-11-7-6-10-26(24)28)39-34(44)30(18-22-8-4-3-5-9-22)38-32(42)27(36)17-23-12-14-25(41)15-13-23/h3-15,20-21,27,29-31,37,41H,16-19,36H2,1-2H3,(H,38,42)(H,39,44)(H,40,43)(H,45,46). The van der Waals surface area contributed by atoms with Gasteiger partial charge in [0, 0.05) is 29.9 Å². The summed E-state index contributed by atoms with van der Waals surface area (Å²) in [5.74, 6) is -2.92. The van der Waals surface area contributed by atoms with Gasteiger partial charge in [-0.2, -0.15) is 0 Å². The second kappa shape index (κ2) is 15.7. The van der Waals surface area contributed by atoms with Gasteiger partial charge in [0.05, 0.1) is 6.04 Å². The van der Waals surface area contributed by atoms with Gasteiger partial charge >= 0.3 is 5.97 Å². The van der Waals surface area contributed by atoms with E-state index in [9.17, 15) is 29.4 Å². The number of amides is 3. The molecule has 46 heavy (non-hydrogen) atoms. The molecule has 4 aromatic rings. The zero-order valence-corrected chi connectivity index (χ0v) is 25.9. The number of carbonyl (C=O) groups is 4. The molecule has 4 rings (SSSR count). The van der Waals surface area contributed by atoms with Gasteiger partial charge < -0.3 is 36.9 Å². The van der Waals surface area contributed by atoms with Crippen LogP contribution in [-0.4, -0.2) is 63.1 Å². The Hall–Kier alpha value is -5.16. The number of hydrogen-bond acceptors (Lipinski definition) is 6. The number of fused-ring (bicyclic) bond motifs is 1. The van der Waals surface area contributed by atoms with Crippen LogP contribution in [0.3, 0.4) is 0 Å². The van der Waals surface area contributed by atoms with Crippen LogP contribution in [-0.2, 0) is 38.4 Å². The average molecular weight is 628 g/mol. The van der Waals surface area contributed by atoms with Crippen LogP contribution in [0, 0.1) is 5.92 Å². The third-order valence-corrected chi connectivity index (χ3v) is 7.70. The zero-order valence-electron chi connectivity index (χ0n) is 25.9.